The van der Waals surface area contributed by atoms with Crippen molar-refractivity contribution in [2.45, 2.75) is 25.3 Å². The molecule has 0 fully saturated rings. The molecule has 0 amide bonds. The average molecular weight is 269 g/mol. The molecule has 0 aliphatic heterocycles. The van der Waals surface area contributed by atoms with Gasteiger partial charge in [0.05, 0.1) is 11.7 Å². The molecule has 0 aliphatic rings. The van der Waals surface area contributed by atoms with E-state index in [0.717, 1.165) is 11.0 Å². The Balaban J connectivity index is 2.97. The minimum atomic E-state index is -0.251. The van der Waals surface area contributed by atoms with E-state index in [9.17, 15) is 4.79 Å². The van der Waals surface area contributed by atoms with E-state index in [1.54, 1.807) is 0 Å². The molecule has 80 valence electrons. The molecule has 0 radical (unpaired) electrons. The molecule has 4 heteroatoms. The predicted octanol–water partition coefficient (Wildman–Crippen LogP) is 1.41. The van der Waals surface area contributed by atoms with Crippen molar-refractivity contribution >= 4 is 35.2 Å². The van der Waals surface area contributed by atoms with Crippen molar-refractivity contribution in [3.63, 3.8) is 0 Å². The van der Waals surface area contributed by atoms with E-state index in [-0.39, 0.29) is 12.1 Å². The number of hydrogen-bond donors (Lipinski definition) is 0. The van der Waals surface area contributed by atoms with Crippen LogP contribution >= 0.6 is 15.9 Å². The molecule has 0 N–H and O–H groups in total. The van der Waals surface area contributed by atoms with Crippen LogP contribution in [0.3, 0.4) is 0 Å². The van der Waals surface area contributed by atoms with Gasteiger partial charge in [-0.05, 0) is 25.5 Å². The second-order valence-corrected chi connectivity index (χ2v) is 4.31. The third-order valence-electron chi connectivity index (χ3n) is 1.97. The van der Waals surface area contributed by atoms with Crippen molar-refractivity contribution in [1.82, 2.24) is 0 Å². The second-order valence-electron chi connectivity index (χ2n) is 3.75. The molecule has 1 aromatic carbocycles. The molecule has 0 atom stereocenters. The molecule has 0 saturated carbocycles. The lowest BCUT2D eigenvalue weighted by Gasteiger charge is -2.11. The number of halogens is 1. The van der Waals surface area contributed by atoms with Crippen LogP contribution in [0.15, 0.2) is 18.2 Å². The molecule has 1 aromatic rings. The highest BCUT2D eigenvalue weighted by Gasteiger charge is 2.13. The van der Waals surface area contributed by atoms with Gasteiger partial charge in [0.25, 0.3) is 0 Å². The molecule has 1 rings (SSSR count). The zero-order valence-corrected chi connectivity index (χ0v) is 10.8. The molecule has 0 bridgehead atoms. The van der Waals surface area contributed by atoms with Crippen LogP contribution in [0, 0.1) is 0 Å². The average Bonchev–Trinajstić information content (AvgIpc) is 2.16. The molecule has 15 heavy (non-hydrogen) atoms. The van der Waals surface area contributed by atoms with Gasteiger partial charge < -0.3 is 4.74 Å². The molecule has 0 aliphatic carbocycles. The summed E-state index contributed by atoms with van der Waals surface area (Å²) in [7, 11) is 2.00. The summed E-state index contributed by atoms with van der Waals surface area (Å²) in [5.74, 6) is -0.251. The Bertz CT molecular complexity index is 364. The summed E-state index contributed by atoms with van der Waals surface area (Å²) >= 11 is 3.37. The van der Waals surface area contributed by atoms with E-state index in [0.29, 0.717) is 10.9 Å². The normalized spacial score (nSPS) is 10.4. The van der Waals surface area contributed by atoms with Gasteiger partial charge in [-0.25, -0.2) is 4.79 Å². The fourth-order valence-electron chi connectivity index (χ4n) is 1.31. The number of esters is 1. The molecule has 0 aromatic heterocycles. The van der Waals surface area contributed by atoms with Gasteiger partial charge in [0.1, 0.15) is 7.85 Å². The molecule has 0 unspecified atom stereocenters. The van der Waals surface area contributed by atoms with Crippen LogP contribution in [0.5, 0.6) is 0 Å². The first kappa shape index (κ1) is 12.3. The largest absolute Gasteiger partial charge is 0.459 e. The van der Waals surface area contributed by atoms with E-state index in [2.05, 4.69) is 15.9 Å². The first-order valence-electron chi connectivity index (χ1n) is 4.91. The van der Waals surface area contributed by atoms with Crippen LogP contribution in [0.25, 0.3) is 0 Å². The van der Waals surface area contributed by atoms with Crippen molar-refractivity contribution < 1.29 is 9.53 Å². The van der Waals surface area contributed by atoms with Crippen molar-refractivity contribution in [2.75, 3.05) is 0 Å². The van der Waals surface area contributed by atoms with Gasteiger partial charge >= 0.3 is 5.97 Å². The van der Waals surface area contributed by atoms with Crippen LogP contribution in [0.1, 0.15) is 29.8 Å². The highest BCUT2D eigenvalue weighted by Crippen LogP contribution is 2.13. The molecule has 0 heterocycles. The summed E-state index contributed by atoms with van der Waals surface area (Å²) in [6, 6.07) is 5.73. The lowest BCUT2D eigenvalue weighted by molar-refractivity contribution is 0.0377. The predicted molar refractivity (Wildman–Crippen MR) is 67.8 cm³/mol. The Labute approximate surface area is 99.6 Å². The molecular weight excluding hydrogens is 255 g/mol. The lowest BCUT2D eigenvalue weighted by atomic mass is 9.92. The van der Waals surface area contributed by atoms with E-state index < -0.39 is 0 Å². The van der Waals surface area contributed by atoms with Gasteiger partial charge in [-0.2, -0.15) is 0 Å². The number of carbonyl (C=O) groups excluding carboxylic acids is 1. The number of carbonyl (C=O) groups is 1. The highest BCUT2D eigenvalue weighted by molar-refractivity contribution is 9.08. The van der Waals surface area contributed by atoms with Crippen LogP contribution in [0.2, 0.25) is 0 Å². The summed E-state index contributed by atoms with van der Waals surface area (Å²) in [5.41, 5.74) is 2.76. The van der Waals surface area contributed by atoms with E-state index in [4.69, 9.17) is 4.74 Å². The first-order chi connectivity index (χ1) is 7.04. The first-order valence-corrected chi connectivity index (χ1v) is 6.03. The quantitative estimate of drug-likeness (QED) is 0.471. The van der Waals surface area contributed by atoms with E-state index in [1.807, 2.05) is 39.9 Å². The fourth-order valence-corrected chi connectivity index (χ4v) is 1.77. The van der Waals surface area contributed by atoms with Crippen molar-refractivity contribution in [2.24, 2.45) is 0 Å². The van der Waals surface area contributed by atoms with Gasteiger partial charge in [0.2, 0.25) is 0 Å². The maximum atomic E-state index is 11.7. The van der Waals surface area contributed by atoms with E-state index >= 15 is 0 Å². The number of ether oxygens (including phenoxy) is 1. The minimum Gasteiger partial charge on any atom is -0.459 e. The zero-order valence-electron chi connectivity index (χ0n) is 9.21. The molecule has 2 nitrogen and oxygen atoms in total. The maximum Gasteiger partial charge on any atom is 0.338 e. The fraction of sp³-hybridized carbons (Fsp3) is 0.364. The Morgan fingerprint density at radius 3 is 2.73 bits per heavy atom. The Hall–Kier alpha value is -0.765. The summed E-state index contributed by atoms with van der Waals surface area (Å²) < 4.78 is 5.16. The Morgan fingerprint density at radius 1 is 1.53 bits per heavy atom. The standard InChI is InChI=1S/C11H14BBrO2/c1-7(2)15-11(14)10-4-3-9(12)5-8(10)6-13/h3-5,7H,6,12H2,1-2H3. The smallest absolute Gasteiger partial charge is 0.338 e. The van der Waals surface area contributed by atoms with Gasteiger partial charge in [0.15, 0.2) is 0 Å². The van der Waals surface area contributed by atoms with Gasteiger partial charge in [-0.1, -0.05) is 33.5 Å². The summed E-state index contributed by atoms with van der Waals surface area (Å²) in [6.07, 6.45) is -0.0815. The maximum absolute atomic E-state index is 11.7. The van der Waals surface area contributed by atoms with Crippen LogP contribution < -0.4 is 5.46 Å². The van der Waals surface area contributed by atoms with Crippen LogP contribution in [-0.2, 0) is 10.1 Å². The zero-order chi connectivity index (χ0) is 11.4. The van der Waals surface area contributed by atoms with Crippen LogP contribution in [0.4, 0.5) is 0 Å². The van der Waals surface area contributed by atoms with Gasteiger partial charge in [-0.3, -0.25) is 0 Å². The monoisotopic (exact) mass is 268 g/mol. The summed E-state index contributed by atoms with van der Waals surface area (Å²) in [6.45, 7) is 3.69. The summed E-state index contributed by atoms with van der Waals surface area (Å²) in [4.78, 5) is 11.7. The number of hydrogen-bond acceptors (Lipinski definition) is 2. The number of alkyl halides is 1. The van der Waals surface area contributed by atoms with Crippen molar-refractivity contribution in [1.29, 1.82) is 0 Å². The Kier molecular flexibility index (Phi) is 4.39. The molecule has 0 saturated heterocycles. The van der Waals surface area contributed by atoms with Crippen molar-refractivity contribution in [3.8, 4) is 0 Å². The minimum absolute atomic E-state index is 0.0815. The number of rotatable bonds is 3. The second kappa shape index (κ2) is 5.35. The summed E-state index contributed by atoms with van der Waals surface area (Å²) in [5, 5.41) is 0.664. The highest BCUT2D eigenvalue weighted by atomic mass is 79.9. The Morgan fingerprint density at radius 2 is 2.20 bits per heavy atom. The van der Waals surface area contributed by atoms with Crippen LogP contribution in [-0.4, -0.2) is 19.9 Å². The van der Waals surface area contributed by atoms with Crippen molar-refractivity contribution in [3.05, 3.63) is 29.3 Å². The topological polar surface area (TPSA) is 26.3 Å². The number of benzene rings is 1. The SMILES string of the molecule is Bc1ccc(C(=O)OC(C)C)c(CBr)c1. The van der Waals surface area contributed by atoms with Gasteiger partial charge in [0, 0.05) is 5.33 Å². The third kappa shape index (κ3) is 3.38. The molecular formula is C11H14BBrO2. The van der Waals surface area contributed by atoms with Gasteiger partial charge in [-0.15, -0.1) is 0 Å². The van der Waals surface area contributed by atoms with E-state index in [1.165, 1.54) is 0 Å². The third-order valence-corrected chi connectivity index (χ3v) is 2.57. The lowest BCUT2D eigenvalue weighted by Crippen LogP contribution is -2.15. The molecule has 0 spiro atoms.